The van der Waals surface area contributed by atoms with Crippen molar-refractivity contribution in [3.63, 3.8) is 0 Å². The lowest BCUT2D eigenvalue weighted by molar-refractivity contribution is -0.745. The van der Waals surface area contributed by atoms with E-state index in [0.29, 0.717) is 23.3 Å². The second kappa shape index (κ2) is 7.29. The molecule has 2 fully saturated rings. The van der Waals surface area contributed by atoms with Gasteiger partial charge in [0, 0.05) is 29.9 Å². The van der Waals surface area contributed by atoms with Gasteiger partial charge < -0.3 is 9.47 Å². The van der Waals surface area contributed by atoms with Gasteiger partial charge >= 0.3 is 12.0 Å². The summed E-state index contributed by atoms with van der Waals surface area (Å²) in [6, 6.07) is 11.3. The monoisotopic (exact) mass is 488 g/mol. The molecule has 8 bridgehead atoms. The van der Waals surface area contributed by atoms with E-state index in [2.05, 4.69) is 10.7 Å². The number of hydrogen-bond donors (Lipinski definition) is 0. The van der Waals surface area contributed by atoms with Gasteiger partial charge in [-0.2, -0.15) is 5.10 Å². The highest BCUT2D eigenvalue weighted by molar-refractivity contribution is 5.96. The van der Waals surface area contributed by atoms with Crippen molar-refractivity contribution in [2.45, 2.75) is 63.9 Å². The van der Waals surface area contributed by atoms with Crippen LogP contribution in [0.3, 0.4) is 0 Å². The molecule has 0 saturated carbocycles. The summed E-state index contributed by atoms with van der Waals surface area (Å²) >= 11 is 0. The third kappa shape index (κ3) is 3.18. The van der Waals surface area contributed by atoms with Gasteiger partial charge in [0.2, 0.25) is 12.0 Å². The summed E-state index contributed by atoms with van der Waals surface area (Å²) in [6.45, 7) is 7.25. The van der Waals surface area contributed by atoms with E-state index in [4.69, 9.17) is 19.6 Å². The first-order chi connectivity index (χ1) is 17.2. The van der Waals surface area contributed by atoms with Crippen LogP contribution in [-0.2, 0) is 16.0 Å². The molecule has 0 spiro atoms. The number of pyridine rings is 1. The molecule has 2 unspecified atom stereocenters. The topological polar surface area (TPSA) is 86.6 Å². The number of ether oxygens (including phenoxy) is 2. The predicted molar refractivity (Wildman–Crippen MR) is 131 cm³/mol. The number of hydrogen-bond acceptors (Lipinski definition) is 6. The van der Waals surface area contributed by atoms with Gasteiger partial charge in [-0.3, -0.25) is 4.90 Å². The summed E-state index contributed by atoms with van der Waals surface area (Å²) in [5, 5.41) is 6.10. The number of amides is 2. The average molecular weight is 489 g/mol. The Kier molecular flexibility index (Phi) is 4.41. The maximum atomic E-state index is 14.2. The van der Waals surface area contributed by atoms with E-state index >= 15 is 0 Å². The Bertz CT molecular complexity index is 1430. The molecule has 3 aromatic rings. The lowest BCUT2D eigenvalue weighted by Crippen LogP contribution is -2.51. The Labute approximate surface area is 209 Å². The van der Waals surface area contributed by atoms with E-state index in [1.54, 1.807) is 4.90 Å². The van der Waals surface area contributed by atoms with Crippen LogP contribution in [0.2, 0.25) is 0 Å². The number of rotatable bonds is 0. The number of carbonyl (C=O) groups excluding carboxylic acids is 2. The first-order valence-electron chi connectivity index (χ1n) is 12.8. The number of likely N-dealkylation sites (tertiary alicyclic amines) is 1. The maximum absolute atomic E-state index is 14.2. The fraction of sp³-hybridized carbons (Fsp3) is 0.481. The SMILES string of the molecule is CC(C)(C)OC(=O)N1C[C@@H]2C[C@H]1C(=O)[N+]13CCCc4c5c(cccc5nn4C1C3)-c1cccc(n1)O2. The van der Waals surface area contributed by atoms with Gasteiger partial charge in [-0.1, -0.05) is 18.2 Å². The van der Waals surface area contributed by atoms with Crippen molar-refractivity contribution in [2.75, 3.05) is 19.6 Å². The minimum Gasteiger partial charge on any atom is -0.472 e. The van der Waals surface area contributed by atoms with Crippen LogP contribution in [0.15, 0.2) is 36.4 Å². The number of aromatic nitrogens is 3. The first-order valence-corrected chi connectivity index (χ1v) is 12.8. The number of carbonyl (C=O) groups is 2. The molecule has 6 heterocycles. The minimum atomic E-state index is -0.656. The van der Waals surface area contributed by atoms with Gasteiger partial charge in [-0.15, -0.1) is 0 Å². The van der Waals surface area contributed by atoms with Crippen LogP contribution in [0.4, 0.5) is 4.79 Å². The molecule has 9 heteroatoms. The van der Waals surface area contributed by atoms with Crippen molar-refractivity contribution in [3.05, 3.63) is 42.1 Å². The molecule has 2 amide bonds. The van der Waals surface area contributed by atoms with Crippen LogP contribution in [0, 0.1) is 0 Å². The second-order valence-electron chi connectivity index (χ2n) is 11.4. The Morgan fingerprint density at radius 1 is 1.19 bits per heavy atom. The molecule has 0 N–H and O–H groups in total. The van der Waals surface area contributed by atoms with Crippen LogP contribution < -0.4 is 4.74 Å². The molecule has 1 aromatic carbocycles. The zero-order valence-electron chi connectivity index (χ0n) is 20.8. The van der Waals surface area contributed by atoms with Crippen molar-refractivity contribution in [1.29, 1.82) is 0 Å². The number of fused-ring (bicyclic) bond motifs is 5. The Balaban J connectivity index is 1.39. The van der Waals surface area contributed by atoms with Gasteiger partial charge in [0.05, 0.1) is 30.0 Å². The number of aryl methyl sites for hydroxylation is 1. The van der Waals surface area contributed by atoms with Gasteiger partial charge in [0.25, 0.3) is 0 Å². The van der Waals surface area contributed by atoms with Crippen LogP contribution in [0.1, 0.15) is 45.5 Å². The third-order valence-corrected chi connectivity index (χ3v) is 7.90. The number of nitrogens with zero attached hydrogens (tertiary/aromatic N) is 5. The zero-order valence-corrected chi connectivity index (χ0v) is 20.8. The van der Waals surface area contributed by atoms with Crippen molar-refractivity contribution in [2.24, 2.45) is 0 Å². The Morgan fingerprint density at radius 2 is 2.03 bits per heavy atom. The number of benzene rings is 1. The van der Waals surface area contributed by atoms with E-state index in [0.717, 1.165) is 47.2 Å². The largest absolute Gasteiger partial charge is 0.472 e. The fourth-order valence-corrected chi connectivity index (χ4v) is 6.30. The summed E-state index contributed by atoms with van der Waals surface area (Å²) in [6.07, 6.45) is 1.28. The summed E-state index contributed by atoms with van der Waals surface area (Å²) in [5.74, 6) is 0.546. The molecule has 36 heavy (non-hydrogen) atoms. The van der Waals surface area contributed by atoms with Crippen LogP contribution in [0.25, 0.3) is 22.2 Å². The summed E-state index contributed by atoms with van der Waals surface area (Å²) in [7, 11) is 0. The molecule has 0 radical (unpaired) electrons. The van der Waals surface area contributed by atoms with E-state index in [1.165, 1.54) is 0 Å². The van der Waals surface area contributed by atoms with Crippen molar-refractivity contribution in [3.8, 4) is 17.1 Å². The maximum Gasteiger partial charge on any atom is 0.411 e. The van der Waals surface area contributed by atoms with E-state index in [-0.39, 0.29) is 24.7 Å². The Morgan fingerprint density at radius 3 is 2.86 bits per heavy atom. The van der Waals surface area contributed by atoms with Gasteiger partial charge in [-0.25, -0.2) is 23.7 Å². The van der Waals surface area contributed by atoms with Crippen LogP contribution in [-0.4, -0.2) is 73.5 Å². The first kappa shape index (κ1) is 21.8. The molecule has 2 saturated heterocycles. The molecule has 4 aliphatic rings. The lowest BCUT2D eigenvalue weighted by Gasteiger charge is -2.29. The van der Waals surface area contributed by atoms with Gasteiger partial charge in [0.15, 0.2) is 12.6 Å². The highest BCUT2D eigenvalue weighted by Crippen LogP contribution is 2.48. The molecule has 2 aromatic heterocycles. The third-order valence-electron chi connectivity index (χ3n) is 7.90. The highest BCUT2D eigenvalue weighted by atomic mass is 16.6. The summed E-state index contributed by atoms with van der Waals surface area (Å²) in [4.78, 5) is 33.9. The van der Waals surface area contributed by atoms with E-state index in [9.17, 15) is 9.59 Å². The molecule has 186 valence electrons. The van der Waals surface area contributed by atoms with Crippen LogP contribution >= 0.6 is 0 Å². The van der Waals surface area contributed by atoms with Gasteiger partial charge in [0.1, 0.15) is 11.7 Å². The molecule has 0 aliphatic carbocycles. The Hall–Kier alpha value is -3.46. The molecular formula is C27H30N5O4+. The van der Waals surface area contributed by atoms with E-state index < -0.39 is 17.7 Å². The van der Waals surface area contributed by atoms with Crippen molar-refractivity contribution in [1.82, 2.24) is 19.7 Å². The molecule has 4 atom stereocenters. The van der Waals surface area contributed by atoms with Gasteiger partial charge in [-0.05, 0) is 39.3 Å². The fourth-order valence-electron chi connectivity index (χ4n) is 6.30. The van der Waals surface area contributed by atoms with Crippen molar-refractivity contribution >= 4 is 22.9 Å². The highest BCUT2D eigenvalue weighted by Gasteiger charge is 2.67. The predicted octanol–water partition coefficient (Wildman–Crippen LogP) is 3.67. The molecule has 7 rings (SSSR count). The zero-order chi connectivity index (χ0) is 24.8. The minimum absolute atomic E-state index is 0.0436. The summed E-state index contributed by atoms with van der Waals surface area (Å²) in [5.41, 5.74) is 3.29. The number of quaternary nitrogens is 1. The molecular weight excluding hydrogens is 458 g/mol. The standard InChI is InChI=1S/C27H30N5O4/c1-27(2,3)36-26(34)30-14-16-13-21(30)25(33)32-12-6-10-20-24-17(18-8-5-11-22(28-18)35-16)7-4-9-19(24)29-31(20)23(32)15-32/h4-5,7-9,11,16,21,23H,6,10,12-15H2,1-3H3/q+1/t16-,21-,23?,32?/m0/s1. The quantitative estimate of drug-likeness (QED) is 0.355. The lowest BCUT2D eigenvalue weighted by atomic mass is 10.0. The van der Waals surface area contributed by atoms with Crippen molar-refractivity contribution < 1.29 is 23.5 Å². The van der Waals surface area contributed by atoms with Crippen LogP contribution in [0.5, 0.6) is 5.88 Å². The molecule has 9 nitrogen and oxygen atoms in total. The normalized spacial score (nSPS) is 28.5. The second-order valence-corrected chi connectivity index (χ2v) is 11.4. The van der Waals surface area contributed by atoms with E-state index in [1.807, 2.05) is 51.1 Å². The smallest absolute Gasteiger partial charge is 0.411 e. The molecule has 4 aliphatic heterocycles. The average Bonchev–Trinajstić information content (AvgIpc) is 3.27. The summed E-state index contributed by atoms with van der Waals surface area (Å²) < 4.78 is 14.4.